The number of anilines is 1. The van der Waals surface area contributed by atoms with Gasteiger partial charge in [-0.3, -0.25) is 9.59 Å². The highest BCUT2D eigenvalue weighted by molar-refractivity contribution is 6.13. The van der Waals surface area contributed by atoms with Crippen LogP contribution in [0.5, 0.6) is 0 Å². The predicted molar refractivity (Wildman–Crippen MR) is 94.6 cm³/mol. The number of benzene rings is 2. The summed E-state index contributed by atoms with van der Waals surface area (Å²) >= 11 is 0. The average Bonchev–Trinajstić information content (AvgIpc) is 3.41. The molecule has 1 aliphatic carbocycles. The normalized spacial score (nSPS) is 14.6. The Morgan fingerprint density at radius 2 is 1.64 bits per heavy atom. The fourth-order valence-electron chi connectivity index (χ4n) is 2.71. The van der Waals surface area contributed by atoms with Crippen LogP contribution in [0, 0.1) is 18.2 Å². The average molecular weight is 340 g/mol. The standard InChI is InChI=1S/C20H21FN2O2/c1-14-2-8-17(9-3-14)23-19(25)20(11-12-20)18(24)22-13-10-15-4-6-16(21)7-5-15/h2-9H,10-13H2,1H3,(H,22,24)(H,23,25). The molecule has 25 heavy (non-hydrogen) atoms. The Balaban J connectivity index is 1.52. The summed E-state index contributed by atoms with van der Waals surface area (Å²) in [6, 6.07) is 13.7. The zero-order valence-electron chi connectivity index (χ0n) is 14.1. The first kappa shape index (κ1) is 17.1. The van der Waals surface area contributed by atoms with E-state index in [2.05, 4.69) is 10.6 Å². The molecule has 0 unspecified atom stereocenters. The summed E-state index contributed by atoms with van der Waals surface area (Å²) in [7, 11) is 0. The Hall–Kier alpha value is -2.69. The topological polar surface area (TPSA) is 58.2 Å². The molecule has 5 heteroatoms. The molecule has 130 valence electrons. The highest BCUT2D eigenvalue weighted by Crippen LogP contribution is 2.46. The zero-order chi connectivity index (χ0) is 17.9. The number of carbonyl (C=O) groups is 2. The maximum Gasteiger partial charge on any atom is 0.240 e. The number of aryl methyl sites for hydroxylation is 1. The van der Waals surface area contributed by atoms with Gasteiger partial charge in [0.05, 0.1) is 0 Å². The number of amides is 2. The highest BCUT2D eigenvalue weighted by Gasteiger charge is 2.56. The molecular weight excluding hydrogens is 319 g/mol. The molecule has 1 aliphatic rings. The summed E-state index contributed by atoms with van der Waals surface area (Å²) in [6.07, 6.45) is 1.72. The predicted octanol–water partition coefficient (Wildman–Crippen LogP) is 3.21. The van der Waals surface area contributed by atoms with Gasteiger partial charge in [-0.15, -0.1) is 0 Å². The molecule has 3 rings (SSSR count). The van der Waals surface area contributed by atoms with E-state index < -0.39 is 5.41 Å². The second-order valence-electron chi connectivity index (χ2n) is 6.53. The van der Waals surface area contributed by atoms with Gasteiger partial charge in [0.1, 0.15) is 11.2 Å². The van der Waals surface area contributed by atoms with E-state index in [4.69, 9.17) is 0 Å². The van der Waals surface area contributed by atoms with Crippen LogP contribution in [0.15, 0.2) is 48.5 Å². The number of rotatable bonds is 6. The summed E-state index contributed by atoms with van der Waals surface area (Å²) < 4.78 is 12.9. The van der Waals surface area contributed by atoms with Crippen LogP contribution in [0.4, 0.5) is 10.1 Å². The third-order valence-corrected chi connectivity index (χ3v) is 4.54. The van der Waals surface area contributed by atoms with Crippen molar-refractivity contribution < 1.29 is 14.0 Å². The van der Waals surface area contributed by atoms with E-state index in [1.54, 1.807) is 12.1 Å². The maximum absolute atomic E-state index is 12.9. The fraction of sp³-hybridized carbons (Fsp3) is 0.300. The van der Waals surface area contributed by atoms with Gasteiger partial charge in [0.2, 0.25) is 11.8 Å². The highest BCUT2D eigenvalue weighted by atomic mass is 19.1. The quantitative estimate of drug-likeness (QED) is 0.794. The van der Waals surface area contributed by atoms with Crippen molar-refractivity contribution in [3.63, 3.8) is 0 Å². The van der Waals surface area contributed by atoms with Gasteiger partial charge in [-0.2, -0.15) is 0 Å². The Bertz CT molecular complexity index is 765. The van der Waals surface area contributed by atoms with E-state index in [-0.39, 0.29) is 17.6 Å². The van der Waals surface area contributed by atoms with E-state index in [1.807, 2.05) is 31.2 Å². The van der Waals surface area contributed by atoms with Gasteiger partial charge in [-0.1, -0.05) is 29.8 Å². The van der Waals surface area contributed by atoms with Gasteiger partial charge < -0.3 is 10.6 Å². The molecule has 4 nitrogen and oxygen atoms in total. The molecule has 0 atom stereocenters. The number of halogens is 1. The van der Waals surface area contributed by atoms with Crippen LogP contribution < -0.4 is 10.6 Å². The summed E-state index contributed by atoms with van der Waals surface area (Å²) in [5, 5.41) is 5.66. The monoisotopic (exact) mass is 340 g/mol. The SMILES string of the molecule is Cc1ccc(NC(=O)C2(C(=O)NCCc3ccc(F)cc3)CC2)cc1. The second kappa shape index (κ2) is 7.05. The van der Waals surface area contributed by atoms with E-state index in [0.29, 0.717) is 31.5 Å². The Labute approximate surface area is 146 Å². The van der Waals surface area contributed by atoms with E-state index in [0.717, 1.165) is 11.1 Å². The van der Waals surface area contributed by atoms with Gasteiger partial charge in [-0.05, 0) is 56.0 Å². The molecule has 0 bridgehead atoms. The molecule has 0 aromatic heterocycles. The van der Waals surface area contributed by atoms with Crippen molar-refractivity contribution in [3.8, 4) is 0 Å². The van der Waals surface area contributed by atoms with Crippen LogP contribution in [0.2, 0.25) is 0 Å². The molecule has 1 saturated carbocycles. The number of hydrogen-bond acceptors (Lipinski definition) is 2. The fourth-order valence-corrected chi connectivity index (χ4v) is 2.71. The Morgan fingerprint density at radius 3 is 2.24 bits per heavy atom. The van der Waals surface area contributed by atoms with Crippen LogP contribution in [0.25, 0.3) is 0 Å². The first-order valence-electron chi connectivity index (χ1n) is 8.40. The lowest BCUT2D eigenvalue weighted by atomic mass is 10.0. The summed E-state index contributed by atoms with van der Waals surface area (Å²) in [4.78, 5) is 24.9. The number of nitrogens with one attached hydrogen (secondary N) is 2. The molecule has 2 aromatic carbocycles. The van der Waals surface area contributed by atoms with Gasteiger partial charge in [0.25, 0.3) is 0 Å². The molecular formula is C20H21FN2O2. The minimum Gasteiger partial charge on any atom is -0.355 e. The van der Waals surface area contributed by atoms with Gasteiger partial charge in [0, 0.05) is 12.2 Å². The minimum absolute atomic E-state index is 0.237. The molecule has 0 aliphatic heterocycles. The van der Waals surface area contributed by atoms with Gasteiger partial charge in [0.15, 0.2) is 0 Å². The molecule has 1 fully saturated rings. The Kier molecular flexibility index (Phi) is 4.83. The van der Waals surface area contributed by atoms with Crippen LogP contribution >= 0.6 is 0 Å². The van der Waals surface area contributed by atoms with E-state index in [1.165, 1.54) is 12.1 Å². The number of hydrogen-bond donors (Lipinski definition) is 2. The van der Waals surface area contributed by atoms with Crippen LogP contribution in [-0.2, 0) is 16.0 Å². The van der Waals surface area contributed by atoms with Crippen LogP contribution in [-0.4, -0.2) is 18.4 Å². The second-order valence-corrected chi connectivity index (χ2v) is 6.53. The van der Waals surface area contributed by atoms with Gasteiger partial charge in [-0.25, -0.2) is 4.39 Å². The lowest BCUT2D eigenvalue weighted by Gasteiger charge is -2.15. The molecule has 0 spiro atoms. The first-order valence-corrected chi connectivity index (χ1v) is 8.40. The third kappa shape index (κ3) is 4.05. The van der Waals surface area contributed by atoms with Crippen molar-refractivity contribution in [2.75, 3.05) is 11.9 Å². The third-order valence-electron chi connectivity index (χ3n) is 4.54. The smallest absolute Gasteiger partial charge is 0.240 e. The summed E-state index contributed by atoms with van der Waals surface area (Å²) in [6.45, 7) is 2.40. The first-order chi connectivity index (χ1) is 12.0. The lowest BCUT2D eigenvalue weighted by molar-refractivity contribution is -0.134. The van der Waals surface area contributed by atoms with Crippen molar-refractivity contribution in [1.82, 2.24) is 5.32 Å². The van der Waals surface area contributed by atoms with E-state index in [9.17, 15) is 14.0 Å². The molecule has 0 saturated heterocycles. The zero-order valence-corrected chi connectivity index (χ0v) is 14.1. The van der Waals surface area contributed by atoms with Crippen molar-refractivity contribution in [2.24, 2.45) is 5.41 Å². The van der Waals surface area contributed by atoms with Crippen molar-refractivity contribution in [3.05, 3.63) is 65.5 Å². The maximum atomic E-state index is 12.9. The van der Waals surface area contributed by atoms with Crippen molar-refractivity contribution in [2.45, 2.75) is 26.2 Å². The van der Waals surface area contributed by atoms with Crippen molar-refractivity contribution in [1.29, 1.82) is 0 Å². The lowest BCUT2D eigenvalue weighted by Crippen LogP contribution is -2.40. The van der Waals surface area contributed by atoms with Crippen LogP contribution in [0.3, 0.4) is 0 Å². The van der Waals surface area contributed by atoms with E-state index >= 15 is 0 Å². The Morgan fingerprint density at radius 1 is 1.00 bits per heavy atom. The summed E-state index contributed by atoms with van der Waals surface area (Å²) in [5.41, 5.74) is 1.79. The van der Waals surface area contributed by atoms with Gasteiger partial charge >= 0.3 is 0 Å². The molecule has 2 amide bonds. The minimum atomic E-state index is -0.951. The molecule has 0 radical (unpaired) electrons. The molecule has 2 N–H and O–H groups in total. The largest absolute Gasteiger partial charge is 0.355 e. The summed E-state index contributed by atoms with van der Waals surface area (Å²) in [5.74, 6) is -0.771. The van der Waals surface area contributed by atoms with Crippen LogP contribution in [0.1, 0.15) is 24.0 Å². The molecule has 0 heterocycles. The molecule has 2 aromatic rings. The van der Waals surface area contributed by atoms with Crippen molar-refractivity contribution >= 4 is 17.5 Å². The number of carbonyl (C=O) groups excluding carboxylic acids is 2.